The summed E-state index contributed by atoms with van der Waals surface area (Å²) in [4.78, 5) is 2.33. The molecule has 20 heavy (non-hydrogen) atoms. The van der Waals surface area contributed by atoms with E-state index in [4.69, 9.17) is 4.11 Å². The van der Waals surface area contributed by atoms with E-state index in [1.807, 2.05) is 0 Å². The van der Waals surface area contributed by atoms with Gasteiger partial charge in [-0.3, -0.25) is 0 Å². The van der Waals surface area contributed by atoms with Crippen LogP contribution >= 0.6 is 0 Å². The summed E-state index contributed by atoms with van der Waals surface area (Å²) < 4.78 is 21.7. The number of para-hydroxylation sites is 2. The normalized spacial score (nSPS) is 16.4. The highest BCUT2D eigenvalue weighted by atomic mass is 15.1. The third kappa shape index (κ3) is 2.56. The van der Waals surface area contributed by atoms with E-state index in [1.54, 1.807) is 0 Å². The Labute approximate surface area is 125 Å². The zero-order chi connectivity index (χ0) is 16.3. The van der Waals surface area contributed by atoms with E-state index in [-0.39, 0.29) is 0 Å². The van der Waals surface area contributed by atoms with Gasteiger partial charge in [-0.1, -0.05) is 36.4 Å². The first-order valence-corrected chi connectivity index (χ1v) is 7.23. The van der Waals surface area contributed by atoms with E-state index >= 15 is 0 Å². The standard InChI is InChI=1S/C18H22N2/c1-19-13-6-14-20-17-9-4-2-7-15(17)11-12-16-8-3-5-10-18(16)20/h2-5,7-10,19H,6,11-14H2,1H3/i1D3. The fourth-order valence-corrected chi connectivity index (χ4v) is 2.94. The number of aryl methyl sites for hydroxylation is 2. The van der Waals surface area contributed by atoms with Crippen LogP contribution in [0.5, 0.6) is 0 Å². The van der Waals surface area contributed by atoms with Crippen molar-refractivity contribution in [2.24, 2.45) is 0 Å². The maximum atomic E-state index is 7.23. The first-order chi connectivity index (χ1) is 11.0. The van der Waals surface area contributed by atoms with E-state index in [9.17, 15) is 0 Å². The molecule has 2 heteroatoms. The quantitative estimate of drug-likeness (QED) is 0.854. The number of benzene rings is 2. The van der Waals surface area contributed by atoms with Crippen LogP contribution in [0.15, 0.2) is 48.5 Å². The lowest BCUT2D eigenvalue weighted by Crippen LogP contribution is -2.22. The van der Waals surface area contributed by atoms with Crippen LogP contribution in [0.25, 0.3) is 0 Å². The van der Waals surface area contributed by atoms with Gasteiger partial charge in [0.25, 0.3) is 0 Å². The maximum absolute atomic E-state index is 7.23. The second kappa shape index (κ2) is 6.10. The van der Waals surface area contributed by atoms with Gasteiger partial charge in [0.2, 0.25) is 0 Å². The van der Waals surface area contributed by atoms with Gasteiger partial charge in [0.15, 0.2) is 0 Å². The topological polar surface area (TPSA) is 15.3 Å². The fraction of sp³-hybridized carbons (Fsp3) is 0.333. The summed E-state index contributed by atoms with van der Waals surface area (Å²) in [5.74, 6) is 0. The monoisotopic (exact) mass is 269 g/mol. The van der Waals surface area contributed by atoms with E-state index in [2.05, 4.69) is 58.7 Å². The molecule has 2 nitrogen and oxygen atoms in total. The smallest absolute Gasteiger partial charge is 0.0443 e. The SMILES string of the molecule is [2H]C([2H])([2H])NCCCN1c2ccccc2CCc2ccccc21. The first-order valence-electron chi connectivity index (χ1n) is 8.73. The fourth-order valence-electron chi connectivity index (χ4n) is 2.94. The van der Waals surface area contributed by atoms with Gasteiger partial charge < -0.3 is 10.2 Å². The summed E-state index contributed by atoms with van der Waals surface area (Å²) in [6.45, 7) is -0.775. The van der Waals surface area contributed by atoms with Crippen LogP contribution in [-0.4, -0.2) is 20.1 Å². The molecule has 0 bridgehead atoms. The highest BCUT2D eigenvalue weighted by Gasteiger charge is 2.19. The molecule has 0 unspecified atom stereocenters. The van der Waals surface area contributed by atoms with Gasteiger partial charge in [0, 0.05) is 22.0 Å². The van der Waals surface area contributed by atoms with Gasteiger partial charge in [-0.05, 0) is 56.0 Å². The molecule has 0 atom stereocenters. The van der Waals surface area contributed by atoms with Crippen molar-refractivity contribution in [2.45, 2.75) is 19.3 Å². The Kier molecular flexibility index (Phi) is 3.05. The molecular formula is C18H22N2. The molecule has 1 N–H and O–H groups in total. The van der Waals surface area contributed by atoms with Gasteiger partial charge in [-0.15, -0.1) is 0 Å². The highest BCUT2D eigenvalue weighted by Crippen LogP contribution is 2.35. The van der Waals surface area contributed by atoms with E-state index in [0.29, 0.717) is 6.54 Å². The summed E-state index contributed by atoms with van der Waals surface area (Å²) in [6, 6.07) is 17.0. The lowest BCUT2D eigenvalue weighted by molar-refractivity contribution is 0.723. The Balaban J connectivity index is 1.82. The van der Waals surface area contributed by atoms with Crippen molar-refractivity contribution in [3.05, 3.63) is 59.7 Å². The van der Waals surface area contributed by atoms with Crippen molar-refractivity contribution in [1.29, 1.82) is 0 Å². The second-order valence-electron chi connectivity index (χ2n) is 5.19. The van der Waals surface area contributed by atoms with Crippen LogP contribution < -0.4 is 10.2 Å². The maximum Gasteiger partial charge on any atom is 0.0443 e. The minimum absolute atomic E-state index is 0.483. The van der Waals surface area contributed by atoms with Gasteiger partial charge in [0.05, 0.1) is 0 Å². The predicted molar refractivity (Wildman–Crippen MR) is 85.8 cm³/mol. The van der Waals surface area contributed by atoms with E-state index in [0.717, 1.165) is 25.8 Å². The summed E-state index contributed by atoms with van der Waals surface area (Å²) in [6.07, 6.45) is 2.86. The number of nitrogens with zero attached hydrogens (tertiary/aromatic N) is 1. The van der Waals surface area contributed by atoms with Gasteiger partial charge >= 0.3 is 0 Å². The molecule has 2 aromatic carbocycles. The summed E-state index contributed by atoms with van der Waals surface area (Å²) in [7, 11) is 0. The molecule has 0 radical (unpaired) electrons. The van der Waals surface area contributed by atoms with Crippen molar-refractivity contribution in [2.75, 3.05) is 25.0 Å². The Morgan fingerprint density at radius 2 is 1.60 bits per heavy atom. The molecule has 0 spiro atoms. The average Bonchev–Trinajstić information content (AvgIpc) is 2.68. The Hall–Kier alpha value is -1.80. The lowest BCUT2D eigenvalue weighted by atomic mass is 10.0. The minimum Gasteiger partial charge on any atom is -0.341 e. The van der Waals surface area contributed by atoms with Crippen molar-refractivity contribution < 1.29 is 4.11 Å². The summed E-state index contributed by atoms with van der Waals surface area (Å²) in [5, 5.41) is 2.60. The second-order valence-corrected chi connectivity index (χ2v) is 5.19. The number of rotatable bonds is 4. The van der Waals surface area contributed by atoms with Crippen LogP contribution in [0.2, 0.25) is 0 Å². The number of hydrogen-bond donors (Lipinski definition) is 1. The van der Waals surface area contributed by atoms with Crippen LogP contribution in [0.1, 0.15) is 21.7 Å². The number of hydrogen-bond acceptors (Lipinski definition) is 2. The molecule has 0 fully saturated rings. The first kappa shape index (κ1) is 10.0. The number of nitrogens with one attached hydrogen (secondary N) is 1. The zero-order valence-corrected chi connectivity index (χ0v) is 11.6. The molecule has 0 saturated heterocycles. The van der Waals surface area contributed by atoms with Crippen molar-refractivity contribution in [1.82, 2.24) is 5.32 Å². The molecule has 1 heterocycles. The molecule has 3 rings (SSSR count). The van der Waals surface area contributed by atoms with Gasteiger partial charge in [-0.25, -0.2) is 0 Å². The molecular weight excluding hydrogens is 244 g/mol. The largest absolute Gasteiger partial charge is 0.341 e. The van der Waals surface area contributed by atoms with Crippen LogP contribution in [0.3, 0.4) is 0 Å². The van der Waals surface area contributed by atoms with E-state index < -0.39 is 6.98 Å². The molecule has 0 aromatic heterocycles. The van der Waals surface area contributed by atoms with E-state index in [1.165, 1.54) is 22.5 Å². The number of fused-ring (bicyclic) bond motifs is 2. The molecule has 0 aliphatic carbocycles. The van der Waals surface area contributed by atoms with Gasteiger partial charge in [-0.2, -0.15) is 0 Å². The third-order valence-corrected chi connectivity index (χ3v) is 3.91. The molecule has 1 aliphatic heterocycles. The summed E-state index contributed by atoms with van der Waals surface area (Å²) in [5.41, 5.74) is 5.19. The van der Waals surface area contributed by atoms with Crippen molar-refractivity contribution in [3.8, 4) is 0 Å². The van der Waals surface area contributed by atoms with Crippen LogP contribution in [0, 0.1) is 0 Å². The Morgan fingerprint density at radius 1 is 1.00 bits per heavy atom. The molecule has 0 saturated carbocycles. The highest BCUT2D eigenvalue weighted by molar-refractivity contribution is 5.71. The Morgan fingerprint density at radius 3 is 2.20 bits per heavy atom. The number of anilines is 2. The molecule has 2 aromatic rings. The van der Waals surface area contributed by atoms with Crippen LogP contribution in [0.4, 0.5) is 11.4 Å². The minimum atomic E-state index is -2.06. The zero-order valence-electron chi connectivity index (χ0n) is 14.6. The van der Waals surface area contributed by atoms with Crippen LogP contribution in [-0.2, 0) is 12.8 Å². The molecule has 1 aliphatic rings. The third-order valence-electron chi connectivity index (χ3n) is 3.91. The summed E-state index contributed by atoms with van der Waals surface area (Å²) >= 11 is 0. The molecule has 0 amide bonds. The van der Waals surface area contributed by atoms with Gasteiger partial charge in [0.1, 0.15) is 0 Å². The Bertz CT molecular complexity index is 620. The van der Waals surface area contributed by atoms with Crippen molar-refractivity contribution >= 4 is 11.4 Å². The average molecular weight is 269 g/mol. The lowest BCUT2D eigenvalue weighted by Gasteiger charge is -2.27. The molecule has 104 valence electrons. The predicted octanol–water partition coefficient (Wildman–Crippen LogP) is 3.53. The van der Waals surface area contributed by atoms with Crippen molar-refractivity contribution in [3.63, 3.8) is 0 Å².